The van der Waals surface area contributed by atoms with E-state index in [4.69, 9.17) is 10.5 Å². The molecule has 1 aliphatic rings. The Kier molecular flexibility index (Phi) is 6.52. The molecule has 2 rings (SSSR count). The van der Waals surface area contributed by atoms with E-state index in [0.29, 0.717) is 12.0 Å². The van der Waals surface area contributed by atoms with Gasteiger partial charge in [0.1, 0.15) is 0 Å². The molecule has 1 fully saturated rings. The number of piperidine rings is 1. The molecule has 3 heteroatoms. The first-order valence-electron chi connectivity index (χ1n) is 8.38. The van der Waals surface area contributed by atoms with Crippen molar-refractivity contribution in [2.45, 2.75) is 51.6 Å². The molecule has 118 valence electrons. The molecule has 1 aromatic rings. The number of hydrogen-bond acceptors (Lipinski definition) is 3. The first-order chi connectivity index (χ1) is 10.2. The second-order valence-corrected chi connectivity index (χ2v) is 6.29. The predicted octanol–water partition coefficient (Wildman–Crippen LogP) is 3.65. The van der Waals surface area contributed by atoms with Crippen molar-refractivity contribution in [1.82, 2.24) is 4.90 Å². The summed E-state index contributed by atoms with van der Waals surface area (Å²) >= 11 is 0. The molecule has 0 aliphatic carbocycles. The van der Waals surface area contributed by atoms with Crippen molar-refractivity contribution in [3.05, 3.63) is 29.8 Å². The van der Waals surface area contributed by atoms with E-state index in [2.05, 4.69) is 30.9 Å². The second kappa shape index (κ2) is 8.40. The molecule has 2 atom stereocenters. The minimum absolute atomic E-state index is 0.450. The molecular formula is C18H30N2O. The lowest BCUT2D eigenvalue weighted by Gasteiger charge is -2.33. The summed E-state index contributed by atoms with van der Waals surface area (Å²) in [5.41, 5.74) is 7.98. The summed E-state index contributed by atoms with van der Waals surface area (Å²) in [7, 11) is 0. The van der Waals surface area contributed by atoms with Crippen LogP contribution < -0.4 is 5.73 Å². The third kappa shape index (κ3) is 5.33. The molecule has 1 saturated heterocycles. The number of rotatable bonds is 7. The van der Waals surface area contributed by atoms with Crippen molar-refractivity contribution >= 4 is 5.69 Å². The zero-order chi connectivity index (χ0) is 15.1. The van der Waals surface area contributed by atoms with E-state index < -0.39 is 0 Å². The minimum atomic E-state index is 0.450. The monoisotopic (exact) mass is 290 g/mol. The number of hydrogen-bond donors (Lipinski definition) is 1. The minimum Gasteiger partial charge on any atom is -0.399 e. The molecule has 2 unspecified atom stereocenters. The van der Waals surface area contributed by atoms with Crippen LogP contribution in [0, 0.1) is 0 Å². The molecule has 0 bridgehead atoms. The largest absolute Gasteiger partial charge is 0.399 e. The van der Waals surface area contributed by atoms with Crippen LogP contribution in [0.2, 0.25) is 0 Å². The Balaban J connectivity index is 1.75. The fraction of sp³-hybridized carbons (Fsp3) is 0.667. The fourth-order valence-corrected chi connectivity index (χ4v) is 3.00. The van der Waals surface area contributed by atoms with E-state index >= 15 is 0 Å². The lowest BCUT2D eigenvalue weighted by atomic mass is 9.97. The summed E-state index contributed by atoms with van der Waals surface area (Å²) in [5, 5.41) is 0. The Bertz CT molecular complexity index is 404. The molecule has 0 amide bonds. The SMILES string of the molecule is CCCOC1CCCN(CCC(C)c2ccc(N)cc2)C1. The molecule has 0 aromatic heterocycles. The van der Waals surface area contributed by atoms with Crippen LogP contribution in [-0.4, -0.2) is 37.2 Å². The molecule has 1 aliphatic heterocycles. The molecule has 0 saturated carbocycles. The first kappa shape index (κ1) is 16.3. The van der Waals surface area contributed by atoms with Crippen molar-refractivity contribution < 1.29 is 4.74 Å². The lowest BCUT2D eigenvalue weighted by Crippen LogP contribution is -2.40. The van der Waals surface area contributed by atoms with Crippen LogP contribution in [0.5, 0.6) is 0 Å². The van der Waals surface area contributed by atoms with Crippen molar-refractivity contribution in [3.8, 4) is 0 Å². The second-order valence-electron chi connectivity index (χ2n) is 6.29. The van der Waals surface area contributed by atoms with E-state index in [0.717, 1.165) is 31.8 Å². The normalized spacial score (nSPS) is 21.3. The number of nitrogens with zero attached hydrogens (tertiary/aromatic N) is 1. The van der Waals surface area contributed by atoms with E-state index in [1.54, 1.807) is 0 Å². The summed E-state index contributed by atoms with van der Waals surface area (Å²) in [5.74, 6) is 0.586. The Morgan fingerprint density at radius 1 is 1.33 bits per heavy atom. The average Bonchev–Trinajstić information content (AvgIpc) is 2.52. The predicted molar refractivity (Wildman–Crippen MR) is 89.6 cm³/mol. The van der Waals surface area contributed by atoms with Crippen molar-refractivity contribution in [2.75, 3.05) is 32.0 Å². The highest BCUT2D eigenvalue weighted by Crippen LogP contribution is 2.22. The van der Waals surface area contributed by atoms with Crippen LogP contribution in [-0.2, 0) is 4.74 Å². The standard InChI is InChI=1S/C18H30N2O/c1-3-13-21-18-5-4-11-20(14-18)12-10-15(2)16-6-8-17(19)9-7-16/h6-9,15,18H,3-5,10-14,19H2,1-2H3. The highest BCUT2D eigenvalue weighted by Gasteiger charge is 2.20. The van der Waals surface area contributed by atoms with Crippen LogP contribution >= 0.6 is 0 Å². The molecule has 1 aromatic carbocycles. The Morgan fingerprint density at radius 2 is 2.10 bits per heavy atom. The van der Waals surface area contributed by atoms with Gasteiger partial charge in [-0.1, -0.05) is 26.0 Å². The van der Waals surface area contributed by atoms with Gasteiger partial charge in [0.2, 0.25) is 0 Å². The Labute approximate surface area is 129 Å². The van der Waals surface area contributed by atoms with Gasteiger partial charge in [0.05, 0.1) is 6.10 Å². The van der Waals surface area contributed by atoms with Gasteiger partial charge in [0.25, 0.3) is 0 Å². The maximum Gasteiger partial charge on any atom is 0.0702 e. The molecule has 2 N–H and O–H groups in total. The van der Waals surface area contributed by atoms with E-state index in [9.17, 15) is 0 Å². The van der Waals surface area contributed by atoms with Gasteiger partial charge in [-0.05, 0) is 62.4 Å². The van der Waals surface area contributed by atoms with Crippen molar-refractivity contribution in [3.63, 3.8) is 0 Å². The molecular weight excluding hydrogens is 260 g/mol. The molecule has 21 heavy (non-hydrogen) atoms. The van der Waals surface area contributed by atoms with Gasteiger partial charge < -0.3 is 15.4 Å². The zero-order valence-electron chi connectivity index (χ0n) is 13.6. The summed E-state index contributed by atoms with van der Waals surface area (Å²) in [4.78, 5) is 2.57. The number of ether oxygens (including phenoxy) is 1. The Hall–Kier alpha value is -1.06. The van der Waals surface area contributed by atoms with Crippen LogP contribution in [0.15, 0.2) is 24.3 Å². The van der Waals surface area contributed by atoms with E-state index in [-0.39, 0.29) is 0 Å². The summed E-state index contributed by atoms with van der Waals surface area (Å²) in [6.45, 7) is 8.88. The fourth-order valence-electron chi connectivity index (χ4n) is 3.00. The van der Waals surface area contributed by atoms with Crippen LogP contribution in [0.4, 0.5) is 5.69 Å². The highest BCUT2D eigenvalue weighted by molar-refractivity contribution is 5.40. The van der Waals surface area contributed by atoms with Gasteiger partial charge >= 0.3 is 0 Å². The summed E-state index contributed by atoms with van der Waals surface area (Å²) < 4.78 is 5.91. The smallest absolute Gasteiger partial charge is 0.0702 e. The molecule has 0 radical (unpaired) electrons. The topological polar surface area (TPSA) is 38.5 Å². The van der Waals surface area contributed by atoms with Gasteiger partial charge in [-0.3, -0.25) is 0 Å². The quantitative estimate of drug-likeness (QED) is 0.779. The highest BCUT2D eigenvalue weighted by atomic mass is 16.5. The molecule has 3 nitrogen and oxygen atoms in total. The van der Waals surface area contributed by atoms with Gasteiger partial charge in [0.15, 0.2) is 0 Å². The van der Waals surface area contributed by atoms with Gasteiger partial charge in [0, 0.05) is 18.8 Å². The molecule has 1 heterocycles. The first-order valence-corrected chi connectivity index (χ1v) is 8.38. The third-order valence-electron chi connectivity index (χ3n) is 4.40. The zero-order valence-corrected chi connectivity index (χ0v) is 13.6. The maximum absolute atomic E-state index is 5.91. The van der Waals surface area contributed by atoms with Gasteiger partial charge in [-0.15, -0.1) is 0 Å². The maximum atomic E-state index is 5.91. The number of nitrogens with two attached hydrogens (primary N) is 1. The van der Waals surface area contributed by atoms with Crippen LogP contribution in [0.3, 0.4) is 0 Å². The lowest BCUT2D eigenvalue weighted by molar-refractivity contribution is -0.000560. The number of anilines is 1. The summed E-state index contributed by atoms with van der Waals surface area (Å²) in [6.07, 6.45) is 5.26. The van der Waals surface area contributed by atoms with Crippen molar-refractivity contribution in [2.24, 2.45) is 0 Å². The van der Waals surface area contributed by atoms with Crippen LogP contribution in [0.25, 0.3) is 0 Å². The average molecular weight is 290 g/mol. The van der Waals surface area contributed by atoms with E-state index in [1.807, 2.05) is 12.1 Å². The van der Waals surface area contributed by atoms with Gasteiger partial charge in [-0.25, -0.2) is 0 Å². The number of likely N-dealkylation sites (tertiary alicyclic amines) is 1. The van der Waals surface area contributed by atoms with Crippen LogP contribution in [0.1, 0.15) is 51.0 Å². The Morgan fingerprint density at radius 3 is 2.81 bits per heavy atom. The third-order valence-corrected chi connectivity index (χ3v) is 4.40. The van der Waals surface area contributed by atoms with Crippen molar-refractivity contribution in [1.29, 1.82) is 0 Å². The van der Waals surface area contributed by atoms with Gasteiger partial charge in [-0.2, -0.15) is 0 Å². The molecule has 0 spiro atoms. The number of nitrogen functional groups attached to an aromatic ring is 1. The van der Waals surface area contributed by atoms with E-state index in [1.165, 1.54) is 31.4 Å². The number of benzene rings is 1. The summed E-state index contributed by atoms with van der Waals surface area (Å²) in [6, 6.07) is 8.31.